The number of nitrogens with zero attached hydrogens (tertiary/aromatic N) is 1. The second-order valence-corrected chi connectivity index (χ2v) is 5.61. The van der Waals surface area contributed by atoms with E-state index in [4.69, 9.17) is 5.11 Å². The van der Waals surface area contributed by atoms with Crippen molar-refractivity contribution in [3.8, 4) is 0 Å². The van der Waals surface area contributed by atoms with Gasteiger partial charge in [-0.05, 0) is 37.1 Å². The third-order valence-electron chi connectivity index (χ3n) is 3.85. The molecule has 0 radical (unpaired) electrons. The van der Waals surface area contributed by atoms with Crippen molar-refractivity contribution in [2.45, 2.75) is 25.8 Å². The van der Waals surface area contributed by atoms with Crippen molar-refractivity contribution in [2.75, 3.05) is 25.1 Å². The predicted molar refractivity (Wildman–Crippen MR) is 85.6 cm³/mol. The van der Waals surface area contributed by atoms with E-state index in [0.717, 1.165) is 25.1 Å². The van der Waals surface area contributed by atoms with Crippen LogP contribution in [-0.4, -0.2) is 37.3 Å². The summed E-state index contributed by atoms with van der Waals surface area (Å²) in [5.74, 6) is 0.105. The van der Waals surface area contributed by atoms with Crippen LogP contribution in [-0.2, 0) is 0 Å². The standard InChI is InChI=1S/C17H24N2O2/c1-3-10-19(2)16-8-5-14(6-9-16)17(21)18-15-7-4-13(11-15)12-20/h4-9,13,15,20H,3,10-12H2,1-2H3,(H,18,21)/t13-,15+/m0/s1. The second-order valence-electron chi connectivity index (χ2n) is 5.61. The van der Waals surface area contributed by atoms with Gasteiger partial charge in [0.25, 0.3) is 5.91 Å². The molecule has 2 N–H and O–H groups in total. The molecule has 2 atom stereocenters. The fraction of sp³-hybridized carbons (Fsp3) is 0.471. The predicted octanol–water partition coefficient (Wildman–Crippen LogP) is 2.20. The molecule has 0 saturated carbocycles. The highest BCUT2D eigenvalue weighted by atomic mass is 16.3. The zero-order valence-electron chi connectivity index (χ0n) is 12.7. The van der Waals surface area contributed by atoms with Crippen LogP contribution < -0.4 is 10.2 Å². The van der Waals surface area contributed by atoms with Gasteiger partial charge in [0.15, 0.2) is 0 Å². The summed E-state index contributed by atoms with van der Waals surface area (Å²) >= 11 is 0. The molecule has 0 bridgehead atoms. The average molecular weight is 288 g/mol. The lowest BCUT2D eigenvalue weighted by atomic mass is 10.1. The first kappa shape index (κ1) is 15.6. The van der Waals surface area contributed by atoms with Gasteiger partial charge in [-0.2, -0.15) is 0 Å². The Balaban J connectivity index is 1.93. The van der Waals surface area contributed by atoms with Crippen molar-refractivity contribution in [2.24, 2.45) is 5.92 Å². The molecule has 2 rings (SSSR count). The Morgan fingerprint density at radius 2 is 2.05 bits per heavy atom. The van der Waals surface area contributed by atoms with E-state index in [9.17, 15) is 4.79 Å². The molecule has 0 aliphatic heterocycles. The molecule has 1 aliphatic rings. The maximum atomic E-state index is 12.2. The van der Waals surface area contributed by atoms with E-state index in [1.807, 2.05) is 36.4 Å². The molecule has 1 amide bonds. The van der Waals surface area contributed by atoms with Crippen LogP contribution >= 0.6 is 0 Å². The van der Waals surface area contributed by atoms with Crippen molar-refractivity contribution < 1.29 is 9.90 Å². The van der Waals surface area contributed by atoms with E-state index in [0.29, 0.717) is 5.56 Å². The minimum Gasteiger partial charge on any atom is -0.396 e. The minimum atomic E-state index is -0.0621. The molecule has 1 aliphatic carbocycles. The van der Waals surface area contributed by atoms with Gasteiger partial charge in [-0.25, -0.2) is 0 Å². The summed E-state index contributed by atoms with van der Waals surface area (Å²) in [6.45, 7) is 3.29. The largest absolute Gasteiger partial charge is 0.396 e. The van der Waals surface area contributed by atoms with Gasteiger partial charge in [0.2, 0.25) is 0 Å². The van der Waals surface area contributed by atoms with Gasteiger partial charge in [0, 0.05) is 43.4 Å². The minimum absolute atomic E-state index is 0.0251. The Hall–Kier alpha value is -1.81. The van der Waals surface area contributed by atoms with E-state index in [2.05, 4.69) is 24.2 Å². The molecule has 0 heterocycles. The van der Waals surface area contributed by atoms with Crippen LogP contribution in [0, 0.1) is 5.92 Å². The third-order valence-corrected chi connectivity index (χ3v) is 3.85. The Kier molecular flexibility index (Phi) is 5.39. The number of benzene rings is 1. The molecule has 1 aromatic rings. The summed E-state index contributed by atoms with van der Waals surface area (Å²) in [7, 11) is 2.05. The number of amides is 1. The number of carbonyl (C=O) groups excluding carboxylic acids is 1. The molecule has 0 fully saturated rings. The highest BCUT2D eigenvalue weighted by Crippen LogP contribution is 2.18. The highest BCUT2D eigenvalue weighted by molar-refractivity contribution is 5.94. The molecule has 4 nitrogen and oxygen atoms in total. The Labute approximate surface area is 126 Å². The molecule has 0 aromatic heterocycles. The summed E-state index contributed by atoms with van der Waals surface area (Å²) in [6, 6.07) is 7.70. The topological polar surface area (TPSA) is 52.6 Å². The number of aliphatic hydroxyl groups excluding tert-OH is 1. The fourth-order valence-electron chi connectivity index (χ4n) is 2.60. The third kappa shape index (κ3) is 4.08. The van der Waals surface area contributed by atoms with Crippen LogP contribution in [0.2, 0.25) is 0 Å². The maximum Gasteiger partial charge on any atom is 0.251 e. The molecule has 114 valence electrons. The van der Waals surface area contributed by atoms with Gasteiger partial charge >= 0.3 is 0 Å². The smallest absolute Gasteiger partial charge is 0.251 e. The summed E-state index contributed by atoms with van der Waals surface area (Å²) in [5, 5.41) is 12.1. The first-order valence-electron chi connectivity index (χ1n) is 7.55. The Bertz CT molecular complexity index is 496. The lowest BCUT2D eigenvalue weighted by Crippen LogP contribution is -2.32. The van der Waals surface area contributed by atoms with Crippen LogP contribution in [0.15, 0.2) is 36.4 Å². The molecular formula is C17H24N2O2. The molecule has 4 heteroatoms. The number of anilines is 1. The molecule has 0 saturated heterocycles. The summed E-state index contributed by atoms with van der Waals surface area (Å²) in [5.41, 5.74) is 1.79. The normalized spacial score (nSPS) is 20.5. The zero-order valence-corrected chi connectivity index (χ0v) is 12.7. The van der Waals surface area contributed by atoms with Gasteiger partial charge in [-0.3, -0.25) is 4.79 Å². The van der Waals surface area contributed by atoms with Crippen LogP contribution in [0.1, 0.15) is 30.1 Å². The molecule has 0 spiro atoms. The molecule has 21 heavy (non-hydrogen) atoms. The van der Waals surface area contributed by atoms with Crippen molar-refractivity contribution in [3.63, 3.8) is 0 Å². The van der Waals surface area contributed by atoms with Gasteiger partial charge in [0.1, 0.15) is 0 Å². The lowest BCUT2D eigenvalue weighted by Gasteiger charge is -2.18. The monoisotopic (exact) mass is 288 g/mol. The number of rotatable bonds is 6. The number of hydrogen-bond acceptors (Lipinski definition) is 3. The van der Waals surface area contributed by atoms with Crippen LogP contribution in [0.3, 0.4) is 0 Å². The average Bonchev–Trinajstić information content (AvgIpc) is 2.95. The van der Waals surface area contributed by atoms with Crippen molar-refractivity contribution in [3.05, 3.63) is 42.0 Å². The van der Waals surface area contributed by atoms with E-state index in [-0.39, 0.29) is 24.5 Å². The lowest BCUT2D eigenvalue weighted by molar-refractivity contribution is 0.0941. The molecule has 0 unspecified atom stereocenters. The Morgan fingerprint density at radius 3 is 2.62 bits per heavy atom. The maximum absolute atomic E-state index is 12.2. The quantitative estimate of drug-likeness (QED) is 0.789. The van der Waals surface area contributed by atoms with Crippen LogP contribution in [0.25, 0.3) is 0 Å². The van der Waals surface area contributed by atoms with Crippen LogP contribution in [0.5, 0.6) is 0 Å². The second kappa shape index (κ2) is 7.27. The summed E-state index contributed by atoms with van der Waals surface area (Å²) in [6.07, 6.45) is 5.80. The van der Waals surface area contributed by atoms with Crippen molar-refractivity contribution in [1.29, 1.82) is 0 Å². The van der Waals surface area contributed by atoms with E-state index < -0.39 is 0 Å². The Morgan fingerprint density at radius 1 is 1.33 bits per heavy atom. The van der Waals surface area contributed by atoms with Crippen molar-refractivity contribution >= 4 is 11.6 Å². The number of carbonyl (C=O) groups is 1. The first-order valence-corrected chi connectivity index (χ1v) is 7.55. The van der Waals surface area contributed by atoms with E-state index in [1.54, 1.807) is 0 Å². The van der Waals surface area contributed by atoms with Crippen LogP contribution in [0.4, 0.5) is 5.69 Å². The van der Waals surface area contributed by atoms with Gasteiger partial charge in [0.05, 0.1) is 0 Å². The van der Waals surface area contributed by atoms with Crippen molar-refractivity contribution in [1.82, 2.24) is 5.32 Å². The summed E-state index contributed by atoms with van der Waals surface area (Å²) < 4.78 is 0. The van der Waals surface area contributed by atoms with E-state index >= 15 is 0 Å². The van der Waals surface area contributed by atoms with E-state index in [1.165, 1.54) is 0 Å². The number of aliphatic hydroxyl groups is 1. The number of hydrogen-bond donors (Lipinski definition) is 2. The number of nitrogens with one attached hydrogen (secondary N) is 1. The van der Waals surface area contributed by atoms with Gasteiger partial charge in [-0.1, -0.05) is 19.1 Å². The first-order chi connectivity index (χ1) is 10.1. The molecule has 1 aromatic carbocycles. The zero-order chi connectivity index (χ0) is 15.2. The van der Waals surface area contributed by atoms with Gasteiger partial charge in [-0.15, -0.1) is 0 Å². The SMILES string of the molecule is CCCN(C)c1ccc(C(=O)N[C@@H]2C=C[C@H](CO)C2)cc1. The fourth-order valence-corrected chi connectivity index (χ4v) is 2.60. The van der Waals surface area contributed by atoms with Gasteiger partial charge < -0.3 is 15.3 Å². The highest BCUT2D eigenvalue weighted by Gasteiger charge is 2.20. The summed E-state index contributed by atoms with van der Waals surface area (Å²) in [4.78, 5) is 14.4. The molecular weight excluding hydrogens is 264 g/mol.